The Morgan fingerprint density at radius 1 is 1.21 bits per heavy atom. The number of allylic oxidation sites excluding steroid dienone is 6. The summed E-state index contributed by atoms with van der Waals surface area (Å²) in [7, 11) is 1.39. The molecule has 2 N–H and O–H groups in total. The van der Waals surface area contributed by atoms with Gasteiger partial charge in [-0.15, -0.1) is 0 Å². The molecule has 0 saturated carbocycles. The summed E-state index contributed by atoms with van der Waals surface area (Å²) in [5.74, 6) is 0. The van der Waals surface area contributed by atoms with Crippen LogP contribution in [0.25, 0.3) is 0 Å². The molecular formula is C26H35F3N4O. The summed E-state index contributed by atoms with van der Waals surface area (Å²) < 4.78 is 40.0. The minimum absolute atomic E-state index is 0.0352. The van der Waals surface area contributed by atoms with Gasteiger partial charge in [0, 0.05) is 37.1 Å². The Hall–Kier alpha value is -2.87. The third kappa shape index (κ3) is 7.87. The van der Waals surface area contributed by atoms with E-state index in [4.69, 9.17) is 0 Å². The van der Waals surface area contributed by atoms with Crippen LogP contribution >= 0.6 is 0 Å². The minimum Gasteiger partial charge on any atom is -0.387 e. The summed E-state index contributed by atoms with van der Waals surface area (Å²) in [5, 5.41) is 6.02. The van der Waals surface area contributed by atoms with E-state index in [0.29, 0.717) is 24.2 Å². The Balaban J connectivity index is 1.92. The quantitative estimate of drug-likeness (QED) is 0.408. The van der Waals surface area contributed by atoms with E-state index in [2.05, 4.69) is 33.5 Å². The molecule has 2 rings (SSSR count). The second kappa shape index (κ2) is 13.1. The Labute approximate surface area is 200 Å². The zero-order valence-corrected chi connectivity index (χ0v) is 20.4. The van der Waals surface area contributed by atoms with Crippen LogP contribution < -0.4 is 10.6 Å². The van der Waals surface area contributed by atoms with E-state index in [9.17, 15) is 18.0 Å². The van der Waals surface area contributed by atoms with E-state index in [1.807, 2.05) is 19.1 Å². The zero-order valence-electron chi connectivity index (χ0n) is 20.4. The lowest BCUT2D eigenvalue weighted by molar-refractivity contribution is -0.105. The maximum atomic E-state index is 13.3. The number of carbonyl (C=O) groups excluding carboxylic acids is 1. The van der Waals surface area contributed by atoms with Gasteiger partial charge in [0.05, 0.1) is 11.3 Å². The number of hydrogen-bond donors (Lipinski definition) is 2. The van der Waals surface area contributed by atoms with Gasteiger partial charge in [-0.2, -0.15) is 13.2 Å². The number of aryl methyl sites for hydroxylation is 2. The predicted molar refractivity (Wildman–Crippen MR) is 133 cm³/mol. The lowest BCUT2D eigenvalue weighted by Crippen LogP contribution is -2.34. The molecule has 0 aliphatic heterocycles. The summed E-state index contributed by atoms with van der Waals surface area (Å²) >= 11 is 0. The van der Waals surface area contributed by atoms with E-state index in [-0.39, 0.29) is 5.71 Å². The number of halogens is 3. The van der Waals surface area contributed by atoms with Gasteiger partial charge in [0.1, 0.15) is 0 Å². The highest BCUT2D eigenvalue weighted by molar-refractivity contribution is 6.16. The number of anilines is 1. The van der Waals surface area contributed by atoms with Crippen molar-refractivity contribution in [2.75, 3.05) is 38.5 Å². The number of alkyl halides is 3. The van der Waals surface area contributed by atoms with Gasteiger partial charge in [-0.1, -0.05) is 31.2 Å². The minimum atomic E-state index is -4.44. The molecule has 1 aliphatic rings. The fourth-order valence-corrected chi connectivity index (χ4v) is 4.01. The molecule has 0 aromatic heterocycles. The van der Waals surface area contributed by atoms with Gasteiger partial charge in [-0.25, -0.2) is 0 Å². The van der Waals surface area contributed by atoms with Crippen LogP contribution in [0.5, 0.6) is 0 Å². The van der Waals surface area contributed by atoms with Crippen LogP contribution in [0.15, 0.2) is 58.3 Å². The average molecular weight is 477 g/mol. The first-order valence-electron chi connectivity index (χ1n) is 11.6. The van der Waals surface area contributed by atoms with Crippen molar-refractivity contribution in [1.29, 1.82) is 0 Å². The smallest absolute Gasteiger partial charge is 0.387 e. The maximum absolute atomic E-state index is 13.3. The van der Waals surface area contributed by atoms with Crippen LogP contribution in [-0.2, 0) is 11.2 Å². The number of aliphatic imine (C=N–C) groups is 1. The molecule has 5 nitrogen and oxygen atoms in total. The zero-order chi connectivity index (χ0) is 25.1. The topological polar surface area (TPSA) is 56.7 Å². The standard InChI is InChI=1S/C26H35F3N4O/c1-5-14-33(15-7-8-21-12-11-19(2)24(17-21)32-18-34)16-13-31-20(3)22-9-6-10-23(25(22)30-4)26(27,28)29/h6,9-12,17-18,31H,5,7-8,13-16H2,1-4H3,(H,32,34)/b22-20+,30-25+. The predicted octanol–water partition coefficient (Wildman–Crippen LogP) is 5.20. The number of nitrogens with zero attached hydrogens (tertiary/aromatic N) is 2. The molecular weight excluding hydrogens is 441 g/mol. The van der Waals surface area contributed by atoms with Crippen molar-refractivity contribution in [3.63, 3.8) is 0 Å². The number of hydrogen-bond acceptors (Lipinski definition) is 4. The average Bonchev–Trinajstić information content (AvgIpc) is 2.80. The summed E-state index contributed by atoms with van der Waals surface area (Å²) in [4.78, 5) is 17.0. The van der Waals surface area contributed by atoms with E-state index >= 15 is 0 Å². The Morgan fingerprint density at radius 2 is 1.97 bits per heavy atom. The van der Waals surface area contributed by atoms with Crippen LogP contribution in [0, 0.1) is 6.92 Å². The van der Waals surface area contributed by atoms with Crippen molar-refractivity contribution in [3.8, 4) is 0 Å². The molecule has 0 unspecified atom stereocenters. The van der Waals surface area contributed by atoms with E-state index < -0.39 is 11.7 Å². The number of benzene rings is 1. The number of amides is 1. The Morgan fingerprint density at radius 3 is 2.62 bits per heavy atom. The molecule has 186 valence electrons. The fraction of sp³-hybridized carbons (Fsp3) is 0.462. The lowest BCUT2D eigenvalue weighted by atomic mass is 9.95. The van der Waals surface area contributed by atoms with Gasteiger partial charge in [0.25, 0.3) is 0 Å². The Bertz CT molecular complexity index is 961. The van der Waals surface area contributed by atoms with Gasteiger partial charge in [0.2, 0.25) is 6.41 Å². The first kappa shape index (κ1) is 27.4. The van der Waals surface area contributed by atoms with Gasteiger partial charge >= 0.3 is 6.18 Å². The molecule has 0 heterocycles. The molecule has 0 spiro atoms. The number of nitrogens with one attached hydrogen (secondary N) is 2. The van der Waals surface area contributed by atoms with Crippen molar-refractivity contribution in [3.05, 3.63) is 64.4 Å². The van der Waals surface area contributed by atoms with Gasteiger partial charge in [0.15, 0.2) is 0 Å². The second-order valence-corrected chi connectivity index (χ2v) is 8.33. The van der Waals surface area contributed by atoms with Crippen LogP contribution in [0.4, 0.5) is 18.9 Å². The molecule has 0 fully saturated rings. The second-order valence-electron chi connectivity index (χ2n) is 8.33. The van der Waals surface area contributed by atoms with Crippen molar-refractivity contribution >= 4 is 17.8 Å². The van der Waals surface area contributed by atoms with Gasteiger partial charge in [-0.05, 0) is 69.5 Å². The van der Waals surface area contributed by atoms with E-state index in [0.717, 1.165) is 56.2 Å². The van der Waals surface area contributed by atoms with Crippen molar-refractivity contribution < 1.29 is 18.0 Å². The van der Waals surface area contributed by atoms with Gasteiger partial charge in [-0.3, -0.25) is 9.79 Å². The molecule has 0 radical (unpaired) electrons. The number of rotatable bonds is 12. The number of carbonyl (C=O) groups is 1. The summed E-state index contributed by atoms with van der Waals surface area (Å²) in [6.07, 6.45) is 3.29. The first-order chi connectivity index (χ1) is 16.2. The highest BCUT2D eigenvalue weighted by Gasteiger charge is 2.38. The van der Waals surface area contributed by atoms with Crippen molar-refractivity contribution in [2.24, 2.45) is 4.99 Å². The normalized spacial score (nSPS) is 16.6. The first-order valence-corrected chi connectivity index (χ1v) is 11.6. The van der Waals surface area contributed by atoms with Crippen molar-refractivity contribution in [1.82, 2.24) is 10.2 Å². The van der Waals surface area contributed by atoms with Gasteiger partial charge < -0.3 is 15.5 Å². The molecule has 34 heavy (non-hydrogen) atoms. The molecule has 0 saturated heterocycles. The molecule has 1 aromatic carbocycles. The highest BCUT2D eigenvalue weighted by atomic mass is 19.4. The molecule has 1 aromatic rings. The highest BCUT2D eigenvalue weighted by Crippen LogP contribution is 2.32. The molecule has 1 aliphatic carbocycles. The summed E-state index contributed by atoms with van der Waals surface area (Å²) in [6.45, 7) is 9.16. The molecule has 0 bridgehead atoms. The third-order valence-electron chi connectivity index (χ3n) is 5.78. The SMILES string of the molecule is CCCN(CCCc1ccc(C)c(NC=O)c1)CCN/C(C)=C1\C=CC=C(C(F)(F)F)\C1=N\C. The maximum Gasteiger partial charge on any atom is 0.418 e. The summed E-state index contributed by atoms with van der Waals surface area (Å²) in [5.41, 5.74) is 3.43. The van der Waals surface area contributed by atoms with Crippen LogP contribution in [-0.4, -0.2) is 56.4 Å². The molecule has 0 atom stereocenters. The summed E-state index contributed by atoms with van der Waals surface area (Å²) in [6, 6.07) is 6.11. The fourth-order valence-electron chi connectivity index (χ4n) is 4.01. The van der Waals surface area contributed by atoms with Crippen LogP contribution in [0.1, 0.15) is 37.8 Å². The third-order valence-corrected chi connectivity index (χ3v) is 5.78. The molecule has 1 amide bonds. The van der Waals surface area contributed by atoms with Crippen molar-refractivity contribution in [2.45, 2.75) is 46.2 Å². The lowest BCUT2D eigenvalue weighted by Gasteiger charge is -2.24. The van der Waals surface area contributed by atoms with Crippen LogP contribution in [0.3, 0.4) is 0 Å². The molecule has 8 heteroatoms. The monoisotopic (exact) mass is 476 g/mol. The Kier molecular flexibility index (Phi) is 10.6. The van der Waals surface area contributed by atoms with E-state index in [1.165, 1.54) is 18.7 Å². The van der Waals surface area contributed by atoms with Crippen LogP contribution in [0.2, 0.25) is 0 Å². The largest absolute Gasteiger partial charge is 0.418 e. The van der Waals surface area contributed by atoms with E-state index in [1.54, 1.807) is 13.0 Å².